The molecule has 2 rings (SSSR count). The number of halogens is 1. The zero-order chi connectivity index (χ0) is 15.9. The second-order valence-electron chi connectivity index (χ2n) is 5.31. The number of nitrogens with one attached hydrogen (secondary N) is 2. The van der Waals surface area contributed by atoms with E-state index in [0.717, 1.165) is 12.8 Å². The van der Waals surface area contributed by atoms with Crippen LogP contribution in [0.25, 0.3) is 0 Å². The molecule has 0 amide bonds. The molecule has 4 heteroatoms. The maximum Gasteiger partial charge on any atom is 0.171 e. The molecule has 0 fully saturated rings. The first-order chi connectivity index (χ1) is 10.6. The van der Waals surface area contributed by atoms with Crippen molar-refractivity contribution in [2.45, 2.75) is 32.7 Å². The van der Waals surface area contributed by atoms with Crippen molar-refractivity contribution < 1.29 is 4.39 Å². The highest BCUT2D eigenvalue weighted by molar-refractivity contribution is 7.80. The van der Waals surface area contributed by atoms with E-state index in [2.05, 4.69) is 29.7 Å². The first-order valence-electron chi connectivity index (χ1n) is 7.48. The molecule has 2 N–H and O–H groups in total. The van der Waals surface area contributed by atoms with Gasteiger partial charge in [0.1, 0.15) is 5.82 Å². The van der Waals surface area contributed by atoms with Crippen molar-refractivity contribution in [2.75, 3.05) is 5.32 Å². The van der Waals surface area contributed by atoms with Crippen molar-refractivity contribution in [3.05, 3.63) is 65.5 Å². The maximum atomic E-state index is 13.6. The highest BCUT2D eigenvalue weighted by Crippen LogP contribution is 2.19. The molecule has 0 heterocycles. The van der Waals surface area contributed by atoms with Crippen LogP contribution >= 0.6 is 12.2 Å². The van der Waals surface area contributed by atoms with E-state index in [4.69, 9.17) is 12.2 Å². The van der Waals surface area contributed by atoms with Crippen LogP contribution in [-0.4, -0.2) is 5.11 Å². The molecule has 2 nitrogen and oxygen atoms in total. The van der Waals surface area contributed by atoms with Gasteiger partial charge in [-0.1, -0.05) is 49.7 Å². The SMILES string of the molecule is CCC[C@H](NC(=S)Nc1ccc(C)c(F)c1)c1ccccc1. The van der Waals surface area contributed by atoms with E-state index in [-0.39, 0.29) is 11.9 Å². The molecule has 0 bridgehead atoms. The van der Waals surface area contributed by atoms with Crippen LogP contribution in [0.5, 0.6) is 0 Å². The highest BCUT2D eigenvalue weighted by atomic mass is 32.1. The smallest absolute Gasteiger partial charge is 0.171 e. The van der Waals surface area contributed by atoms with Crippen LogP contribution in [0.2, 0.25) is 0 Å². The lowest BCUT2D eigenvalue weighted by Gasteiger charge is -2.21. The Labute approximate surface area is 136 Å². The van der Waals surface area contributed by atoms with Crippen LogP contribution < -0.4 is 10.6 Å². The standard InChI is InChI=1S/C18H21FN2S/c1-3-7-17(14-8-5-4-6-9-14)21-18(22)20-15-11-10-13(2)16(19)12-15/h4-6,8-12,17H,3,7H2,1-2H3,(H2,20,21,22)/t17-/m0/s1. The normalized spacial score (nSPS) is 11.8. The van der Waals surface area contributed by atoms with Crippen LogP contribution in [0.3, 0.4) is 0 Å². The third-order valence-electron chi connectivity index (χ3n) is 3.51. The van der Waals surface area contributed by atoms with Crippen molar-refractivity contribution >= 4 is 23.0 Å². The lowest BCUT2D eigenvalue weighted by atomic mass is 10.0. The molecule has 0 aromatic heterocycles. The maximum absolute atomic E-state index is 13.6. The number of aryl methyl sites for hydroxylation is 1. The van der Waals surface area contributed by atoms with E-state index in [1.54, 1.807) is 13.0 Å². The van der Waals surface area contributed by atoms with E-state index < -0.39 is 0 Å². The summed E-state index contributed by atoms with van der Waals surface area (Å²) in [6.45, 7) is 3.88. The van der Waals surface area contributed by atoms with Gasteiger partial charge in [0.15, 0.2) is 5.11 Å². The Morgan fingerprint density at radius 3 is 2.55 bits per heavy atom. The summed E-state index contributed by atoms with van der Waals surface area (Å²) in [6.07, 6.45) is 2.03. The van der Waals surface area contributed by atoms with Gasteiger partial charge in [0.2, 0.25) is 0 Å². The summed E-state index contributed by atoms with van der Waals surface area (Å²) in [7, 11) is 0. The number of anilines is 1. The summed E-state index contributed by atoms with van der Waals surface area (Å²) in [5.41, 5.74) is 2.48. The first-order valence-corrected chi connectivity index (χ1v) is 7.89. The van der Waals surface area contributed by atoms with Gasteiger partial charge in [-0.05, 0) is 48.8 Å². The number of benzene rings is 2. The van der Waals surface area contributed by atoms with Crippen molar-refractivity contribution in [3.8, 4) is 0 Å². The molecular formula is C18H21FN2S. The molecule has 0 aliphatic carbocycles. The molecule has 0 unspecified atom stereocenters. The minimum absolute atomic E-state index is 0.154. The number of rotatable bonds is 5. The van der Waals surface area contributed by atoms with Gasteiger partial charge >= 0.3 is 0 Å². The Balaban J connectivity index is 2.03. The fraction of sp³-hybridized carbons (Fsp3) is 0.278. The van der Waals surface area contributed by atoms with Gasteiger partial charge in [-0.3, -0.25) is 0 Å². The van der Waals surface area contributed by atoms with Gasteiger partial charge in [0.25, 0.3) is 0 Å². The Morgan fingerprint density at radius 2 is 1.91 bits per heavy atom. The number of hydrogen-bond donors (Lipinski definition) is 2. The van der Waals surface area contributed by atoms with Crippen LogP contribution in [-0.2, 0) is 0 Å². The van der Waals surface area contributed by atoms with Gasteiger partial charge in [0.05, 0.1) is 6.04 Å². The van der Waals surface area contributed by atoms with E-state index in [1.165, 1.54) is 11.6 Å². The van der Waals surface area contributed by atoms with Crippen LogP contribution in [0.15, 0.2) is 48.5 Å². The molecule has 0 saturated carbocycles. The second kappa shape index (κ2) is 7.90. The third-order valence-corrected chi connectivity index (χ3v) is 3.73. The van der Waals surface area contributed by atoms with Gasteiger partial charge in [-0.15, -0.1) is 0 Å². The molecule has 2 aromatic carbocycles. The van der Waals surface area contributed by atoms with Crippen LogP contribution in [0.1, 0.15) is 36.9 Å². The van der Waals surface area contributed by atoms with Gasteiger partial charge in [-0.2, -0.15) is 0 Å². The molecule has 0 aliphatic heterocycles. The lowest BCUT2D eigenvalue weighted by molar-refractivity contribution is 0.584. The first kappa shape index (κ1) is 16.4. The Kier molecular flexibility index (Phi) is 5.90. The van der Waals surface area contributed by atoms with Gasteiger partial charge in [0, 0.05) is 5.69 Å². The predicted molar refractivity (Wildman–Crippen MR) is 94.6 cm³/mol. The average molecular weight is 316 g/mol. The van der Waals surface area contributed by atoms with Crippen molar-refractivity contribution in [1.29, 1.82) is 0 Å². The topological polar surface area (TPSA) is 24.1 Å². The molecule has 0 radical (unpaired) electrons. The Hall–Kier alpha value is -1.94. The second-order valence-corrected chi connectivity index (χ2v) is 5.72. The summed E-state index contributed by atoms with van der Waals surface area (Å²) < 4.78 is 13.6. The largest absolute Gasteiger partial charge is 0.356 e. The lowest BCUT2D eigenvalue weighted by Crippen LogP contribution is -2.32. The van der Waals surface area contributed by atoms with Gasteiger partial charge in [-0.25, -0.2) is 4.39 Å². The monoisotopic (exact) mass is 316 g/mol. The molecule has 0 saturated heterocycles. The van der Waals surface area contributed by atoms with Crippen molar-refractivity contribution in [3.63, 3.8) is 0 Å². The third kappa shape index (κ3) is 4.53. The molecule has 0 spiro atoms. The fourth-order valence-corrected chi connectivity index (χ4v) is 2.55. The zero-order valence-electron chi connectivity index (χ0n) is 12.9. The van der Waals surface area contributed by atoms with E-state index in [1.807, 2.05) is 24.3 Å². The van der Waals surface area contributed by atoms with E-state index >= 15 is 0 Å². The van der Waals surface area contributed by atoms with Crippen molar-refractivity contribution in [2.24, 2.45) is 0 Å². The minimum atomic E-state index is -0.235. The molecule has 1 atom stereocenters. The highest BCUT2D eigenvalue weighted by Gasteiger charge is 2.11. The fourth-order valence-electron chi connectivity index (χ4n) is 2.29. The van der Waals surface area contributed by atoms with E-state index in [0.29, 0.717) is 16.4 Å². The van der Waals surface area contributed by atoms with Crippen LogP contribution in [0.4, 0.5) is 10.1 Å². The van der Waals surface area contributed by atoms with Crippen molar-refractivity contribution in [1.82, 2.24) is 5.32 Å². The summed E-state index contributed by atoms with van der Waals surface area (Å²) in [5, 5.41) is 6.87. The summed E-state index contributed by atoms with van der Waals surface area (Å²) in [5.74, 6) is -0.235. The number of hydrogen-bond acceptors (Lipinski definition) is 1. The molecule has 0 aliphatic rings. The van der Waals surface area contributed by atoms with Crippen LogP contribution in [0, 0.1) is 12.7 Å². The van der Waals surface area contributed by atoms with E-state index in [9.17, 15) is 4.39 Å². The summed E-state index contributed by atoms with van der Waals surface area (Å²) >= 11 is 5.36. The predicted octanol–water partition coefficient (Wildman–Crippen LogP) is 4.96. The molecule has 116 valence electrons. The van der Waals surface area contributed by atoms with Gasteiger partial charge < -0.3 is 10.6 Å². The number of thiocarbonyl (C=S) groups is 1. The summed E-state index contributed by atoms with van der Waals surface area (Å²) in [6, 6.07) is 15.4. The Morgan fingerprint density at radius 1 is 1.18 bits per heavy atom. The molecule has 22 heavy (non-hydrogen) atoms. The molecule has 2 aromatic rings. The molecular weight excluding hydrogens is 295 g/mol. The minimum Gasteiger partial charge on any atom is -0.356 e. The summed E-state index contributed by atoms with van der Waals surface area (Å²) in [4.78, 5) is 0. The average Bonchev–Trinajstić information content (AvgIpc) is 2.51. The quantitative estimate of drug-likeness (QED) is 0.762. The zero-order valence-corrected chi connectivity index (χ0v) is 13.7. The Bertz CT molecular complexity index is 628.